The first-order valence-corrected chi connectivity index (χ1v) is 8.73. The number of piperidine rings is 1. The molecule has 0 aromatic heterocycles. The van der Waals surface area contributed by atoms with Gasteiger partial charge < -0.3 is 9.84 Å². The maximum atomic E-state index is 12.9. The molecule has 1 aromatic rings. The van der Waals surface area contributed by atoms with Crippen LogP contribution in [0, 0.1) is 0 Å². The summed E-state index contributed by atoms with van der Waals surface area (Å²) in [5.74, 6) is -1.23. The molecule has 0 saturated carbocycles. The SMILES string of the molecule is COc1cc(Cl)c(C(=O)O)cc1S(=O)(=O)N1CCCCC1C. The number of carbonyl (C=O) groups is 1. The molecular weight excluding hydrogens is 330 g/mol. The molecular formula is C14H18ClNO5S. The molecule has 8 heteroatoms. The number of nitrogens with zero attached hydrogens (tertiary/aromatic N) is 1. The molecule has 0 aliphatic carbocycles. The smallest absolute Gasteiger partial charge is 0.337 e. The van der Waals surface area contributed by atoms with Crippen LogP contribution in [0.15, 0.2) is 17.0 Å². The van der Waals surface area contributed by atoms with Crippen LogP contribution in [-0.2, 0) is 10.0 Å². The van der Waals surface area contributed by atoms with Crippen LogP contribution >= 0.6 is 11.6 Å². The van der Waals surface area contributed by atoms with Gasteiger partial charge >= 0.3 is 5.97 Å². The fraction of sp³-hybridized carbons (Fsp3) is 0.500. The molecule has 0 bridgehead atoms. The van der Waals surface area contributed by atoms with Gasteiger partial charge in [-0.3, -0.25) is 0 Å². The molecule has 0 spiro atoms. The van der Waals surface area contributed by atoms with Crippen LogP contribution in [0.5, 0.6) is 5.75 Å². The Bertz CT molecular complexity index is 689. The van der Waals surface area contributed by atoms with Gasteiger partial charge in [-0.15, -0.1) is 0 Å². The van der Waals surface area contributed by atoms with E-state index in [4.69, 9.17) is 21.4 Å². The molecule has 1 aliphatic rings. The lowest BCUT2D eigenvalue weighted by Gasteiger charge is -2.32. The summed E-state index contributed by atoms with van der Waals surface area (Å²) >= 11 is 5.87. The van der Waals surface area contributed by atoms with Gasteiger partial charge in [-0.05, 0) is 25.8 Å². The zero-order valence-electron chi connectivity index (χ0n) is 12.4. The number of carboxylic acid groups (broad SMARTS) is 1. The first kappa shape index (κ1) is 17.1. The normalized spacial score (nSPS) is 19.9. The van der Waals surface area contributed by atoms with E-state index in [0.29, 0.717) is 6.54 Å². The fourth-order valence-electron chi connectivity index (χ4n) is 2.62. The Morgan fingerprint density at radius 3 is 2.64 bits per heavy atom. The van der Waals surface area contributed by atoms with Crippen molar-refractivity contribution in [3.63, 3.8) is 0 Å². The summed E-state index contributed by atoms with van der Waals surface area (Å²) in [4.78, 5) is 11.0. The number of carboxylic acids is 1. The van der Waals surface area contributed by atoms with Crippen molar-refractivity contribution in [2.24, 2.45) is 0 Å². The van der Waals surface area contributed by atoms with E-state index in [1.165, 1.54) is 17.5 Å². The number of aromatic carboxylic acids is 1. The van der Waals surface area contributed by atoms with E-state index in [-0.39, 0.29) is 27.3 Å². The number of ether oxygens (including phenoxy) is 1. The van der Waals surface area contributed by atoms with Crippen LogP contribution in [0.1, 0.15) is 36.5 Å². The highest BCUT2D eigenvalue weighted by atomic mass is 35.5. The summed E-state index contributed by atoms with van der Waals surface area (Å²) in [5.41, 5.74) is -0.259. The molecule has 1 fully saturated rings. The summed E-state index contributed by atoms with van der Waals surface area (Å²) in [7, 11) is -2.52. The van der Waals surface area contributed by atoms with Crippen LogP contribution < -0.4 is 4.74 Å². The molecule has 2 rings (SSSR count). The van der Waals surface area contributed by atoms with Crippen molar-refractivity contribution < 1.29 is 23.1 Å². The molecule has 1 heterocycles. The highest BCUT2D eigenvalue weighted by Crippen LogP contribution is 2.34. The standard InChI is InChI=1S/C14H18ClNO5S/c1-9-5-3-4-6-16(9)22(19,20)13-7-10(14(17)18)11(15)8-12(13)21-2/h7-9H,3-6H2,1-2H3,(H,17,18). The van der Waals surface area contributed by atoms with Crippen molar-refractivity contribution in [3.8, 4) is 5.75 Å². The maximum Gasteiger partial charge on any atom is 0.337 e. The van der Waals surface area contributed by atoms with Crippen LogP contribution in [0.25, 0.3) is 0 Å². The van der Waals surface area contributed by atoms with Crippen molar-refractivity contribution in [3.05, 3.63) is 22.7 Å². The Morgan fingerprint density at radius 2 is 2.09 bits per heavy atom. The van der Waals surface area contributed by atoms with Gasteiger partial charge in [-0.1, -0.05) is 18.0 Å². The third-order valence-electron chi connectivity index (χ3n) is 3.81. The summed E-state index contributed by atoms with van der Waals surface area (Å²) in [6.07, 6.45) is 2.54. The Balaban J connectivity index is 2.58. The topological polar surface area (TPSA) is 83.9 Å². The molecule has 1 atom stereocenters. The van der Waals surface area contributed by atoms with E-state index >= 15 is 0 Å². The molecule has 6 nitrogen and oxygen atoms in total. The second kappa shape index (κ2) is 6.44. The van der Waals surface area contributed by atoms with E-state index in [2.05, 4.69) is 0 Å². The van der Waals surface area contributed by atoms with Gasteiger partial charge in [0.25, 0.3) is 0 Å². The fourth-order valence-corrected chi connectivity index (χ4v) is 4.71. The second-order valence-corrected chi connectivity index (χ2v) is 7.51. The minimum atomic E-state index is -3.84. The van der Waals surface area contributed by atoms with Crippen LogP contribution in [0.3, 0.4) is 0 Å². The number of benzene rings is 1. The average molecular weight is 348 g/mol. The Labute approximate surface area is 134 Å². The van der Waals surface area contributed by atoms with Crippen molar-refractivity contribution >= 4 is 27.6 Å². The van der Waals surface area contributed by atoms with E-state index in [0.717, 1.165) is 25.3 Å². The van der Waals surface area contributed by atoms with Gasteiger partial charge in [-0.2, -0.15) is 4.31 Å². The predicted molar refractivity (Wildman–Crippen MR) is 82.2 cm³/mol. The molecule has 22 heavy (non-hydrogen) atoms. The highest BCUT2D eigenvalue weighted by Gasteiger charge is 2.34. The van der Waals surface area contributed by atoms with E-state index in [9.17, 15) is 13.2 Å². The number of hydrogen-bond donors (Lipinski definition) is 1. The van der Waals surface area contributed by atoms with Crippen molar-refractivity contribution in [2.45, 2.75) is 37.1 Å². The van der Waals surface area contributed by atoms with Gasteiger partial charge in [0.1, 0.15) is 10.6 Å². The van der Waals surface area contributed by atoms with Crippen molar-refractivity contribution in [1.82, 2.24) is 4.31 Å². The number of sulfonamides is 1. The third-order valence-corrected chi connectivity index (χ3v) is 6.16. The summed E-state index contributed by atoms with van der Waals surface area (Å²) in [6, 6.07) is 2.17. The van der Waals surface area contributed by atoms with Gasteiger partial charge in [0.05, 0.1) is 17.7 Å². The third kappa shape index (κ3) is 3.06. The number of methoxy groups -OCH3 is 1. The Kier molecular flexibility index (Phi) is 4.99. The molecule has 0 radical (unpaired) electrons. The van der Waals surface area contributed by atoms with Crippen molar-refractivity contribution in [1.29, 1.82) is 0 Å². The van der Waals surface area contributed by atoms with Gasteiger partial charge in [0, 0.05) is 18.7 Å². The summed E-state index contributed by atoms with van der Waals surface area (Å²) in [6.45, 7) is 2.26. The average Bonchev–Trinajstić information content (AvgIpc) is 2.46. The molecule has 1 aliphatic heterocycles. The van der Waals surface area contributed by atoms with Crippen LogP contribution in [0.4, 0.5) is 0 Å². The van der Waals surface area contributed by atoms with Gasteiger partial charge in [-0.25, -0.2) is 13.2 Å². The van der Waals surface area contributed by atoms with Crippen LogP contribution in [0.2, 0.25) is 5.02 Å². The number of hydrogen-bond acceptors (Lipinski definition) is 4. The van der Waals surface area contributed by atoms with E-state index < -0.39 is 16.0 Å². The van der Waals surface area contributed by atoms with E-state index in [1.807, 2.05) is 6.92 Å². The molecule has 122 valence electrons. The lowest BCUT2D eigenvalue weighted by Crippen LogP contribution is -2.42. The molecule has 1 N–H and O–H groups in total. The molecule has 1 unspecified atom stereocenters. The maximum absolute atomic E-state index is 12.9. The largest absolute Gasteiger partial charge is 0.495 e. The molecule has 0 amide bonds. The second-order valence-electron chi connectivity index (χ2n) is 5.25. The highest BCUT2D eigenvalue weighted by molar-refractivity contribution is 7.89. The lowest BCUT2D eigenvalue weighted by atomic mass is 10.1. The quantitative estimate of drug-likeness (QED) is 0.905. The predicted octanol–water partition coefficient (Wildman–Crippen LogP) is 2.61. The van der Waals surface area contributed by atoms with Gasteiger partial charge in [0.15, 0.2) is 0 Å². The monoisotopic (exact) mass is 347 g/mol. The Hall–Kier alpha value is -1.31. The number of rotatable bonds is 4. The molecule has 1 aromatic carbocycles. The van der Waals surface area contributed by atoms with Gasteiger partial charge in [0.2, 0.25) is 10.0 Å². The zero-order chi connectivity index (χ0) is 16.5. The van der Waals surface area contributed by atoms with E-state index in [1.54, 1.807) is 0 Å². The lowest BCUT2D eigenvalue weighted by molar-refractivity contribution is 0.0696. The molecule has 1 saturated heterocycles. The Morgan fingerprint density at radius 1 is 1.41 bits per heavy atom. The first-order chi connectivity index (χ1) is 10.3. The minimum absolute atomic E-state index is 0.0489. The first-order valence-electron chi connectivity index (χ1n) is 6.91. The van der Waals surface area contributed by atoms with Crippen molar-refractivity contribution in [2.75, 3.05) is 13.7 Å². The minimum Gasteiger partial charge on any atom is -0.495 e. The number of halogens is 1. The summed E-state index contributed by atoms with van der Waals surface area (Å²) in [5, 5.41) is 9.09. The summed E-state index contributed by atoms with van der Waals surface area (Å²) < 4.78 is 32.2. The zero-order valence-corrected chi connectivity index (χ0v) is 13.9. The van der Waals surface area contributed by atoms with Crippen LogP contribution in [-0.4, -0.2) is 43.5 Å².